The molecule has 1 aromatic carbocycles. The Morgan fingerprint density at radius 1 is 1.13 bits per heavy atom. The maximum Gasteiger partial charge on any atom is 0.240 e. The third-order valence-electron chi connectivity index (χ3n) is 2.38. The molecule has 1 aromatic heterocycles. The van der Waals surface area contributed by atoms with E-state index in [0.29, 0.717) is 0 Å². The van der Waals surface area contributed by atoms with Crippen LogP contribution < -0.4 is 4.57 Å². The Hall–Kier alpha value is -0.190. The molecular formula is C11H10Br2NS+. The molecule has 0 N–H and O–H groups in total. The predicted molar refractivity (Wildman–Crippen MR) is 70.7 cm³/mol. The normalized spacial score (nSPS) is 10.7. The van der Waals surface area contributed by atoms with Gasteiger partial charge in [-0.2, -0.15) is 4.57 Å². The molecule has 78 valence electrons. The fraction of sp³-hybridized carbons (Fsp3) is 0.182. The molecule has 15 heavy (non-hydrogen) atoms. The summed E-state index contributed by atoms with van der Waals surface area (Å²) in [5, 5.41) is 0. The molecule has 0 saturated heterocycles. The van der Waals surface area contributed by atoms with Crippen molar-refractivity contribution in [3.63, 3.8) is 0 Å². The molecule has 0 atom stereocenters. The summed E-state index contributed by atoms with van der Waals surface area (Å²) in [5.41, 5.74) is 4.59. The van der Waals surface area contributed by atoms with Gasteiger partial charge in [0.25, 0.3) is 0 Å². The zero-order valence-electron chi connectivity index (χ0n) is 8.42. The molecule has 0 aliphatic rings. The van der Waals surface area contributed by atoms with E-state index in [0.717, 1.165) is 8.95 Å². The smallest absolute Gasteiger partial charge is 0.152 e. The number of rotatable bonds is 1. The van der Waals surface area contributed by atoms with Crippen molar-refractivity contribution in [1.29, 1.82) is 0 Å². The van der Waals surface area contributed by atoms with Gasteiger partial charge < -0.3 is 0 Å². The van der Waals surface area contributed by atoms with Crippen molar-refractivity contribution in [3.05, 3.63) is 43.2 Å². The first-order valence-corrected chi connectivity index (χ1v) is 6.98. The summed E-state index contributed by atoms with van der Waals surface area (Å²) >= 11 is 8.93. The number of hydrogen-bond donors (Lipinski definition) is 0. The zero-order chi connectivity index (χ0) is 11.0. The lowest BCUT2D eigenvalue weighted by Gasteiger charge is -2.00. The van der Waals surface area contributed by atoms with Gasteiger partial charge in [0.1, 0.15) is 0 Å². The van der Waals surface area contributed by atoms with Gasteiger partial charge in [-0.05, 0) is 50.9 Å². The van der Waals surface area contributed by atoms with Crippen LogP contribution in [0.3, 0.4) is 0 Å². The molecular weight excluding hydrogens is 338 g/mol. The van der Waals surface area contributed by atoms with Crippen LogP contribution in [0.2, 0.25) is 0 Å². The topological polar surface area (TPSA) is 3.88 Å². The van der Waals surface area contributed by atoms with Crippen molar-refractivity contribution in [2.24, 2.45) is 0 Å². The van der Waals surface area contributed by atoms with Gasteiger partial charge in [0.15, 0.2) is 5.69 Å². The summed E-state index contributed by atoms with van der Waals surface area (Å²) in [6.07, 6.45) is 0. The highest BCUT2D eigenvalue weighted by molar-refractivity contribution is 9.11. The van der Waals surface area contributed by atoms with Crippen LogP contribution in [0.4, 0.5) is 0 Å². The number of para-hydroxylation sites is 1. The molecule has 0 aliphatic heterocycles. The van der Waals surface area contributed by atoms with Crippen LogP contribution >= 0.6 is 43.2 Å². The molecule has 0 radical (unpaired) electrons. The summed E-state index contributed by atoms with van der Waals surface area (Å²) in [4.78, 5) is 1.35. The lowest BCUT2D eigenvalue weighted by Crippen LogP contribution is -2.32. The van der Waals surface area contributed by atoms with Crippen LogP contribution in [0.5, 0.6) is 0 Å². The minimum Gasteiger partial charge on any atom is -0.152 e. The van der Waals surface area contributed by atoms with E-state index < -0.39 is 0 Å². The Labute approximate surface area is 110 Å². The third kappa shape index (κ3) is 2.03. The second-order valence-corrected chi connectivity index (χ2v) is 6.07. The van der Waals surface area contributed by atoms with Gasteiger partial charge in [-0.25, -0.2) is 0 Å². The molecule has 0 unspecified atom stereocenters. The fourth-order valence-electron chi connectivity index (χ4n) is 1.41. The van der Waals surface area contributed by atoms with E-state index in [1.54, 1.807) is 11.3 Å². The first-order valence-electron chi connectivity index (χ1n) is 4.52. The maximum absolute atomic E-state index is 3.58. The van der Waals surface area contributed by atoms with Gasteiger partial charge in [-0.3, -0.25) is 0 Å². The lowest BCUT2D eigenvalue weighted by molar-refractivity contribution is -0.598. The molecule has 4 heteroatoms. The van der Waals surface area contributed by atoms with Gasteiger partial charge in [-0.15, -0.1) is 0 Å². The predicted octanol–water partition coefficient (Wildman–Crippen LogP) is 4.17. The molecule has 1 heterocycles. The lowest BCUT2D eigenvalue weighted by atomic mass is 10.3. The second kappa shape index (κ2) is 4.36. The van der Waals surface area contributed by atoms with Crippen LogP contribution in [-0.4, -0.2) is 0 Å². The highest BCUT2D eigenvalue weighted by Crippen LogP contribution is 2.26. The largest absolute Gasteiger partial charge is 0.240 e. The molecule has 0 bridgehead atoms. The SMILES string of the molecule is Cc1sc[n+](-c2c(Br)cccc2Br)c1C. The first-order chi connectivity index (χ1) is 7.11. The van der Waals surface area contributed by atoms with Crippen LogP contribution in [0.15, 0.2) is 32.7 Å². The molecule has 0 saturated carbocycles. The minimum atomic E-state index is 1.10. The first kappa shape index (κ1) is 11.3. The molecule has 0 spiro atoms. The van der Waals surface area contributed by atoms with Crippen molar-refractivity contribution >= 4 is 43.2 Å². The summed E-state index contributed by atoms with van der Waals surface area (Å²) in [6, 6.07) is 6.13. The number of halogens is 2. The molecule has 0 aliphatic carbocycles. The van der Waals surface area contributed by atoms with E-state index in [-0.39, 0.29) is 0 Å². The molecule has 0 amide bonds. The van der Waals surface area contributed by atoms with Crippen molar-refractivity contribution in [2.45, 2.75) is 13.8 Å². The Morgan fingerprint density at radius 3 is 2.20 bits per heavy atom. The molecule has 0 fully saturated rings. The highest BCUT2D eigenvalue weighted by atomic mass is 79.9. The Morgan fingerprint density at radius 2 is 1.73 bits per heavy atom. The molecule has 2 rings (SSSR count). The minimum absolute atomic E-state index is 1.10. The number of benzene rings is 1. The third-order valence-corrected chi connectivity index (χ3v) is 4.63. The van der Waals surface area contributed by atoms with Crippen LogP contribution in [-0.2, 0) is 0 Å². The Bertz CT molecular complexity index is 485. The van der Waals surface area contributed by atoms with Gasteiger partial charge in [0.05, 0.1) is 13.8 Å². The summed E-state index contributed by atoms with van der Waals surface area (Å²) in [5.74, 6) is 0. The summed E-state index contributed by atoms with van der Waals surface area (Å²) in [6.45, 7) is 4.28. The number of aryl methyl sites for hydroxylation is 1. The average molecular weight is 348 g/mol. The Balaban J connectivity index is 2.69. The van der Waals surface area contributed by atoms with E-state index in [4.69, 9.17) is 0 Å². The fourth-order valence-corrected chi connectivity index (χ4v) is 3.58. The van der Waals surface area contributed by atoms with Crippen LogP contribution in [0, 0.1) is 13.8 Å². The molecule has 2 aromatic rings. The van der Waals surface area contributed by atoms with Gasteiger partial charge in [0.2, 0.25) is 11.2 Å². The van der Waals surface area contributed by atoms with E-state index >= 15 is 0 Å². The van der Waals surface area contributed by atoms with Crippen LogP contribution in [0.1, 0.15) is 10.6 Å². The summed E-state index contributed by atoms with van der Waals surface area (Å²) in [7, 11) is 0. The Kier molecular flexibility index (Phi) is 3.28. The average Bonchev–Trinajstić information content (AvgIpc) is 2.49. The van der Waals surface area contributed by atoms with Crippen molar-refractivity contribution in [3.8, 4) is 5.69 Å². The zero-order valence-corrected chi connectivity index (χ0v) is 12.4. The monoisotopic (exact) mass is 346 g/mol. The van der Waals surface area contributed by atoms with Crippen LogP contribution in [0.25, 0.3) is 5.69 Å². The van der Waals surface area contributed by atoms with E-state index in [1.807, 2.05) is 6.07 Å². The van der Waals surface area contributed by atoms with Crippen molar-refractivity contribution in [2.75, 3.05) is 0 Å². The van der Waals surface area contributed by atoms with Gasteiger partial charge in [0, 0.05) is 6.92 Å². The summed E-state index contributed by atoms with van der Waals surface area (Å²) < 4.78 is 4.40. The second-order valence-electron chi connectivity index (χ2n) is 3.31. The van der Waals surface area contributed by atoms with Gasteiger partial charge in [-0.1, -0.05) is 17.4 Å². The van der Waals surface area contributed by atoms with Crippen molar-refractivity contribution in [1.82, 2.24) is 0 Å². The maximum atomic E-state index is 3.58. The quantitative estimate of drug-likeness (QED) is 0.682. The van der Waals surface area contributed by atoms with E-state index in [9.17, 15) is 0 Å². The number of hydrogen-bond acceptors (Lipinski definition) is 1. The molecule has 1 nitrogen and oxygen atoms in total. The van der Waals surface area contributed by atoms with E-state index in [2.05, 4.69) is 67.9 Å². The number of aromatic nitrogens is 1. The number of thiazole rings is 1. The standard InChI is InChI=1S/C11H10Br2NS/c1-7-8(2)15-6-14(7)11-9(12)4-3-5-10(11)13/h3-6H,1-2H3/q+1. The highest BCUT2D eigenvalue weighted by Gasteiger charge is 2.20. The van der Waals surface area contributed by atoms with Crippen molar-refractivity contribution < 1.29 is 4.57 Å². The van der Waals surface area contributed by atoms with Gasteiger partial charge >= 0.3 is 0 Å². The number of nitrogens with zero attached hydrogens (tertiary/aromatic N) is 1. The van der Waals surface area contributed by atoms with E-state index in [1.165, 1.54) is 16.3 Å².